The highest BCUT2D eigenvalue weighted by molar-refractivity contribution is 6.15. The van der Waals surface area contributed by atoms with Gasteiger partial charge in [0, 0.05) is 33.2 Å². The Kier molecular flexibility index (Phi) is 5.41. The van der Waals surface area contributed by atoms with Crippen molar-refractivity contribution in [2.75, 3.05) is 4.90 Å². The Bertz CT molecular complexity index is 2520. The summed E-state index contributed by atoms with van der Waals surface area (Å²) in [5.41, 5.74) is 9.86. The van der Waals surface area contributed by atoms with Gasteiger partial charge in [0.25, 0.3) is 0 Å². The molecule has 208 valence electrons. The van der Waals surface area contributed by atoms with E-state index in [0.29, 0.717) is 0 Å². The van der Waals surface area contributed by atoms with Crippen LogP contribution in [0, 0.1) is 6.92 Å². The molecule has 0 saturated heterocycles. The van der Waals surface area contributed by atoms with Crippen molar-refractivity contribution in [3.05, 3.63) is 157 Å². The van der Waals surface area contributed by atoms with Crippen LogP contribution in [0.5, 0.6) is 0 Å². The molecular formula is C41H28N2O. The number of hydrogen-bond acceptors (Lipinski definition) is 2. The normalized spacial score (nSPS) is 11.8. The summed E-state index contributed by atoms with van der Waals surface area (Å²) in [5, 5.41) is 7.10. The van der Waals surface area contributed by atoms with Gasteiger partial charge in [0.15, 0.2) is 0 Å². The van der Waals surface area contributed by atoms with Crippen LogP contribution in [0.25, 0.3) is 60.2 Å². The largest absolute Gasteiger partial charge is 0.456 e. The molecule has 9 rings (SSSR count). The molecule has 0 radical (unpaired) electrons. The second-order valence-electron chi connectivity index (χ2n) is 11.5. The molecule has 0 saturated carbocycles. The predicted molar refractivity (Wildman–Crippen MR) is 185 cm³/mol. The summed E-state index contributed by atoms with van der Waals surface area (Å²) in [6.45, 7) is 2.13. The number of hydrogen-bond donors (Lipinski definition) is 0. The van der Waals surface area contributed by atoms with E-state index >= 15 is 0 Å². The number of para-hydroxylation sites is 2. The van der Waals surface area contributed by atoms with Crippen molar-refractivity contribution < 1.29 is 4.42 Å². The van der Waals surface area contributed by atoms with Crippen LogP contribution >= 0.6 is 0 Å². The molecule has 0 N–H and O–H groups in total. The van der Waals surface area contributed by atoms with Crippen molar-refractivity contribution in [2.45, 2.75) is 6.92 Å². The van der Waals surface area contributed by atoms with E-state index in [-0.39, 0.29) is 0 Å². The highest BCUT2D eigenvalue weighted by Crippen LogP contribution is 2.45. The van der Waals surface area contributed by atoms with E-state index in [0.717, 1.165) is 44.7 Å². The lowest BCUT2D eigenvalue weighted by Crippen LogP contribution is -2.10. The zero-order chi connectivity index (χ0) is 29.2. The number of furan rings is 1. The maximum Gasteiger partial charge on any atom is 0.137 e. The molecule has 3 heteroatoms. The van der Waals surface area contributed by atoms with Crippen LogP contribution in [0.1, 0.15) is 5.56 Å². The zero-order valence-corrected chi connectivity index (χ0v) is 24.2. The molecule has 7 aromatic carbocycles. The first kappa shape index (κ1) is 24.8. The molecule has 9 aromatic rings. The second kappa shape index (κ2) is 9.62. The highest BCUT2D eigenvalue weighted by atomic mass is 16.3. The molecule has 2 aromatic heterocycles. The van der Waals surface area contributed by atoms with Crippen LogP contribution < -0.4 is 4.90 Å². The molecule has 0 aliphatic carbocycles. The molecule has 0 fully saturated rings. The molecule has 0 bridgehead atoms. The number of fused-ring (bicyclic) bond motifs is 7. The standard InChI is InChI=1S/C41H28N2O/c1-27-17-20-30(21-18-27)43-36-13-6-4-11-33(36)35-26-32(23-24-37(35)43)42(31-22-19-28-9-2-3-10-29(28)25-31)38-14-8-16-40-41(38)34-12-5-7-15-39(34)44-40/h2-26H,1H3. The van der Waals surface area contributed by atoms with Crippen molar-refractivity contribution >= 4 is 71.6 Å². The summed E-state index contributed by atoms with van der Waals surface area (Å²) in [5.74, 6) is 0. The fourth-order valence-electron chi connectivity index (χ4n) is 6.76. The molecular weight excluding hydrogens is 536 g/mol. The summed E-state index contributed by atoms with van der Waals surface area (Å²) in [6, 6.07) is 54.3. The Morgan fingerprint density at radius 1 is 0.500 bits per heavy atom. The van der Waals surface area contributed by atoms with Crippen LogP contribution in [-0.2, 0) is 0 Å². The molecule has 0 unspecified atom stereocenters. The Morgan fingerprint density at radius 2 is 1.18 bits per heavy atom. The maximum absolute atomic E-state index is 6.34. The summed E-state index contributed by atoms with van der Waals surface area (Å²) >= 11 is 0. The average molecular weight is 565 g/mol. The Balaban J connectivity index is 1.34. The third kappa shape index (κ3) is 3.76. The van der Waals surface area contributed by atoms with Gasteiger partial charge in [0.05, 0.1) is 22.1 Å². The van der Waals surface area contributed by atoms with E-state index in [1.165, 1.54) is 38.1 Å². The van der Waals surface area contributed by atoms with E-state index in [2.05, 4.69) is 156 Å². The van der Waals surface area contributed by atoms with Crippen LogP contribution in [0.2, 0.25) is 0 Å². The Morgan fingerprint density at radius 3 is 2.07 bits per heavy atom. The van der Waals surface area contributed by atoms with Gasteiger partial charge in [0.1, 0.15) is 11.2 Å². The van der Waals surface area contributed by atoms with Gasteiger partial charge in [-0.15, -0.1) is 0 Å². The number of rotatable bonds is 4. The first-order valence-corrected chi connectivity index (χ1v) is 15.0. The summed E-state index contributed by atoms with van der Waals surface area (Å²) < 4.78 is 8.72. The monoisotopic (exact) mass is 564 g/mol. The molecule has 0 atom stereocenters. The SMILES string of the molecule is Cc1ccc(-n2c3ccccc3c3cc(N(c4ccc5ccccc5c4)c4cccc5oc6ccccc6c45)ccc32)cc1. The number of benzene rings is 7. The number of aromatic nitrogens is 1. The molecule has 0 aliphatic rings. The zero-order valence-electron chi connectivity index (χ0n) is 24.2. The van der Waals surface area contributed by atoms with Crippen LogP contribution in [0.4, 0.5) is 17.1 Å². The number of aryl methyl sites for hydroxylation is 1. The van der Waals surface area contributed by atoms with Crippen molar-refractivity contribution in [2.24, 2.45) is 0 Å². The van der Waals surface area contributed by atoms with Crippen LogP contribution in [0.3, 0.4) is 0 Å². The predicted octanol–water partition coefficient (Wildman–Crippen LogP) is 11.6. The number of anilines is 3. The highest BCUT2D eigenvalue weighted by Gasteiger charge is 2.21. The lowest BCUT2D eigenvalue weighted by Gasteiger charge is -2.27. The van der Waals surface area contributed by atoms with Crippen LogP contribution in [0.15, 0.2) is 156 Å². The van der Waals surface area contributed by atoms with Gasteiger partial charge in [-0.2, -0.15) is 0 Å². The van der Waals surface area contributed by atoms with E-state index in [1.54, 1.807) is 0 Å². The van der Waals surface area contributed by atoms with Gasteiger partial charge in [-0.05, 0) is 84.4 Å². The molecule has 0 amide bonds. The lowest BCUT2D eigenvalue weighted by atomic mass is 10.0. The van der Waals surface area contributed by atoms with Crippen molar-refractivity contribution in [3.8, 4) is 5.69 Å². The second-order valence-corrected chi connectivity index (χ2v) is 11.5. The summed E-state index contributed by atoms with van der Waals surface area (Å²) in [7, 11) is 0. The third-order valence-corrected chi connectivity index (χ3v) is 8.82. The summed E-state index contributed by atoms with van der Waals surface area (Å²) in [6.07, 6.45) is 0. The van der Waals surface area contributed by atoms with E-state index < -0.39 is 0 Å². The third-order valence-electron chi connectivity index (χ3n) is 8.82. The molecule has 0 spiro atoms. The summed E-state index contributed by atoms with van der Waals surface area (Å²) in [4.78, 5) is 2.38. The Hall–Kier alpha value is -5.80. The van der Waals surface area contributed by atoms with Crippen molar-refractivity contribution in [1.82, 2.24) is 4.57 Å². The minimum absolute atomic E-state index is 0.881. The van der Waals surface area contributed by atoms with Crippen LogP contribution in [-0.4, -0.2) is 4.57 Å². The van der Waals surface area contributed by atoms with Gasteiger partial charge < -0.3 is 13.9 Å². The van der Waals surface area contributed by atoms with Gasteiger partial charge in [-0.3, -0.25) is 0 Å². The van der Waals surface area contributed by atoms with E-state index in [1.807, 2.05) is 12.1 Å². The quantitative estimate of drug-likeness (QED) is 0.212. The van der Waals surface area contributed by atoms with E-state index in [9.17, 15) is 0 Å². The fourth-order valence-corrected chi connectivity index (χ4v) is 6.76. The van der Waals surface area contributed by atoms with E-state index in [4.69, 9.17) is 4.42 Å². The van der Waals surface area contributed by atoms with Gasteiger partial charge in [-0.25, -0.2) is 0 Å². The topological polar surface area (TPSA) is 21.3 Å². The van der Waals surface area contributed by atoms with Gasteiger partial charge in [-0.1, -0.05) is 90.5 Å². The molecule has 0 aliphatic heterocycles. The van der Waals surface area contributed by atoms with Crippen molar-refractivity contribution in [3.63, 3.8) is 0 Å². The van der Waals surface area contributed by atoms with Gasteiger partial charge in [0.2, 0.25) is 0 Å². The first-order valence-electron chi connectivity index (χ1n) is 15.0. The molecule has 44 heavy (non-hydrogen) atoms. The fraction of sp³-hybridized carbons (Fsp3) is 0.0244. The molecule has 3 nitrogen and oxygen atoms in total. The minimum Gasteiger partial charge on any atom is -0.456 e. The molecule has 2 heterocycles. The first-order chi connectivity index (χ1) is 21.7. The minimum atomic E-state index is 0.881. The lowest BCUT2D eigenvalue weighted by molar-refractivity contribution is 0.669. The average Bonchev–Trinajstić information content (AvgIpc) is 3.61. The maximum atomic E-state index is 6.34. The number of nitrogens with zero attached hydrogens (tertiary/aromatic N) is 2. The van der Waals surface area contributed by atoms with Gasteiger partial charge >= 0.3 is 0 Å². The Labute approximate surface area is 254 Å². The van der Waals surface area contributed by atoms with Crippen molar-refractivity contribution in [1.29, 1.82) is 0 Å². The smallest absolute Gasteiger partial charge is 0.137 e.